The molecule has 86 valence electrons. The molecular formula is C11H13BrN2O2. The molecule has 1 aromatic heterocycles. The van der Waals surface area contributed by atoms with E-state index < -0.39 is 0 Å². The molecule has 0 aliphatic heterocycles. The normalized spacial score (nSPS) is 10.2. The van der Waals surface area contributed by atoms with E-state index in [1.807, 2.05) is 0 Å². The van der Waals surface area contributed by atoms with Gasteiger partial charge in [-0.3, -0.25) is 14.6 Å². The number of rotatable bonds is 4. The number of hydrogen-bond acceptors (Lipinski definition) is 3. The lowest BCUT2D eigenvalue weighted by Crippen LogP contribution is -2.31. The highest BCUT2D eigenvalue weighted by atomic mass is 79.9. The second-order valence-corrected chi connectivity index (χ2v) is 4.51. The molecule has 0 saturated heterocycles. The number of pyridine rings is 1. The maximum absolute atomic E-state index is 11.7. The third-order valence-electron chi connectivity index (χ3n) is 2.08. The fourth-order valence-electron chi connectivity index (χ4n) is 1.03. The minimum absolute atomic E-state index is 0.0125. The molecule has 0 unspecified atom stereocenters. The quantitative estimate of drug-likeness (QED) is 0.917. The molecule has 1 aromatic rings. The van der Waals surface area contributed by atoms with E-state index in [1.54, 1.807) is 26.1 Å². The lowest BCUT2D eigenvalue weighted by Gasteiger charge is -2.07. The highest BCUT2D eigenvalue weighted by molar-refractivity contribution is 9.10. The minimum Gasteiger partial charge on any atom is -0.345 e. The maximum atomic E-state index is 11.7. The van der Waals surface area contributed by atoms with Crippen molar-refractivity contribution in [3.63, 3.8) is 0 Å². The molecular weight excluding hydrogens is 272 g/mol. The van der Waals surface area contributed by atoms with Crippen molar-refractivity contribution >= 4 is 27.6 Å². The van der Waals surface area contributed by atoms with Crippen LogP contribution in [0.3, 0.4) is 0 Å². The van der Waals surface area contributed by atoms with Crippen molar-refractivity contribution < 1.29 is 9.59 Å². The van der Waals surface area contributed by atoms with Gasteiger partial charge < -0.3 is 5.32 Å². The van der Waals surface area contributed by atoms with Crippen LogP contribution in [-0.2, 0) is 4.79 Å². The van der Waals surface area contributed by atoms with Gasteiger partial charge in [-0.05, 0) is 22.0 Å². The van der Waals surface area contributed by atoms with Gasteiger partial charge in [-0.1, -0.05) is 13.8 Å². The summed E-state index contributed by atoms with van der Waals surface area (Å²) in [6.45, 7) is 3.67. The van der Waals surface area contributed by atoms with Crippen molar-refractivity contribution in [3.8, 4) is 0 Å². The second kappa shape index (κ2) is 5.75. The first-order valence-electron chi connectivity index (χ1n) is 4.92. The zero-order valence-electron chi connectivity index (χ0n) is 9.16. The van der Waals surface area contributed by atoms with Crippen LogP contribution < -0.4 is 5.32 Å². The van der Waals surface area contributed by atoms with E-state index in [0.29, 0.717) is 10.0 Å². The molecule has 4 nitrogen and oxygen atoms in total. The molecule has 0 radical (unpaired) electrons. The summed E-state index contributed by atoms with van der Waals surface area (Å²) < 4.78 is 0.615. The number of carbonyl (C=O) groups excluding carboxylic acids is 2. The lowest BCUT2D eigenvalue weighted by atomic mass is 10.1. The summed E-state index contributed by atoms with van der Waals surface area (Å²) in [5.41, 5.74) is 0.478. The fourth-order valence-corrected chi connectivity index (χ4v) is 1.46. The first-order valence-corrected chi connectivity index (χ1v) is 5.72. The summed E-state index contributed by atoms with van der Waals surface area (Å²) in [7, 11) is 0. The van der Waals surface area contributed by atoms with Gasteiger partial charge >= 0.3 is 0 Å². The van der Waals surface area contributed by atoms with Crippen molar-refractivity contribution in [2.24, 2.45) is 5.92 Å². The summed E-state index contributed by atoms with van der Waals surface area (Å²) in [6.07, 6.45) is 3.07. The van der Waals surface area contributed by atoms with Crippen molar-refractivity contribution in [3.05, 3.63) is 28.5 Å². The molecule has 16 heavy (non-hydrogen) atoms. The van der Waals surface area contributed by atoms with Gasteiger partial charge in [-0.2, -0.15) is 0 Å². The Morgan fingerprint density at radius 2 is 2.19 bits per heavy atom. The van der Waals surface area contributed by atoms with Crippen LogP contribution in [-0.4, -0.2) is 23.2 Å². The zero-order chi connectivity index (χ0) is 12.1. The number of amides is 1. The number of Topliss-reactive ketones (excluding diaryl/α,β-unsaturated/α-hetero) is 1. The predicted molar refractivity (Wildman–Crippen MR) is 64.1 cm³/mol. The van der Waals surface area contributed by atoms with Crippen LogP contribution in [0.1, 0.15) is 24.2 Å². The van der Waals surface area contributed by atoms with Gasteiger partial charge in [0.25, 0.3) is 5.91 Å². The lowest BCUT2D eigenvalue weighted by molar-refractivity contribution is -0.120. The van der Waals surface area contributed by atoms with Crippen LogP contribution in [0, 0.1) is 5.92 Å². The van der Waals surface area contributed by atoms with Crippen molar-refractivity contribution in [2.75, 3.05) is 6.54 Å². The molecule has 0 saturated carbocycles. The average molecular weight is 285 g/mol. The Kier molecular flexibility index (Phi) is 4.61. The molecule has 1 heterocycles. The molecule has 5 heteroatoms. The summed E-state index contributed by atoms with van der Waals surface area (Å²) in [6, 6.07) is 1.60. The first-order chi connectivity index (χ1) is 7.52. The molecule has 0 aliphatic carbocycles. The maximum Gasteiger partial charge on any atom is 0.252 e. The van der Waals surface area contributed by atoms with Gasteiger partial charge in [-0.15, -0.1) is 0 Å². The van der Waals surface area contributed by atoms with Crippen molar-refractivity contribution in [1.29, 1.82) is 0 Å². The number of hydrogen-bond donors (Lipinski definition) is 1. The van der Waals surface area contributed by atoms with E-state index >= 15 is 0 Å². The molecule has 1 N–H and O–H groups in total. The number of nitrogens with zero attached hydrogens (tertiary/aromatic N) is 1. The second-order valence-electron chi connectivity index (χ2n) is 3.66. The molecule has 1 amide bonds. The fraction of sp³-hybridized carbons (Fsp3) is 0.364. The van der Waals surface area contributed by atoms with Gasteiger partial charge in [0.15, 0.2) is 5.78 Å². The van der Waals surface area contributed by atoms with E-state index in [9.17, 15) is 9.59 Å². The largest absolute Gasteiger partial charge is 0.345 e. The van der Waals surface area contributed by atoms with Gasteiger partial charge in [0, 0.05) is 22.8 Å². The van der Waals surface area contributed by atoms with Crippen LogP contribution >= 0.6 is 15.9 Å². The summed E-state index contributed by atoms with van der Waals surface area (Å²) in [5, 5.41) is 2.57. The summed E-state index contributed by atoms with van der Waals surface area (Å²) in [5.74, 6) is -0.331. The van der Waals surface area contributed by atoms with Gasteiger partial charge in [0.05, 0.1) is 12.1 Å². The topological polar surface area (TPSA) is 59.1 Å². The molecule has 0 aliphatic rings. The van der Waals surface area contributed by atoms with Crippen LogP contribution in [0.2, 0.25) is 0 Å². The SMILES string of the molecule is CC(C)C(=O)CNC(=O)c1ccncc1Br. The van der Waals surface area contributed by atoms with E-state index in [1.165, 1.54) is 6.20 Å². The molecule has 0 aromatic carbocycles. The Morgan fingerprint density at radius 3 is 2.75 bits per heavy atom. The molecule has 0 spiro atoms. The van der Waals surface area contributed by atoms with Gasteiger partial charge in [-0.25, -0.2) is 0 Å². The van der Waals surface area contributed by atoms with Crippen LogP contribution in [0.25, 0.3) is 0 Å². The minimum atomic E-state index is -0.275. The number of carbonyl (C=O) groups is 2. The van der Waals surface area contributed by atoms with Crippen LogP contribution in [0.4, 0.5) is 0 Å². The number of aromatic nitrogens is 1. The summed E-state index contributed by atoms with van der Waals surface area (Å²) >= 11 is 3.22. The number of nitrogens with one attached hydrogen (secondary N) is 1. The zero-order valence-corrected chi connectivity index (χ0v) is 10.7. The number of halogens is 1. The van der Waals surface area contributed by atoms with Crippen LogP contribution in [0.15, 0.2) is 22.9 Å². The van der Waals surface area contributed by atoms with E-state index in [0.717, 1.165) is 0 Å². The Hall–Kier alpha value is -1.23. The predicted octanol–water partition coefficient (Wildman–Crippen LogP) is 1.80. The molecule has 0 bridgehead atoms. The third kappa shape index (κ3) is 3.41. The van der Waals surface area contributed by atoms with Crippen molar-refractivity contribution in [1.82, 2.24) is 10.3 Å². The monoisotopic (exact) mass is 284 g/mol. The molecule has 0 fully saturated rings. The van der Waals surface area contributed by atoms with E-state index in [4.69, 9.17) is 0 Å². The Balaban J connectivity index is 2.60. The van der Waals surface area contributed by atoms with Gasteiger partial charge in [0.1, 0.15) is 0 Å². The Bertz CT molecular complexity index is 405. The number of ketones is 1. The van der Waals surface area contributed by atoms with Gasteiger partial charge in [0.2, 0.25) is 0 Å². The van der Waals surface area contributed by atoms with E-state index in [2.05, 4.69) is 26.2 Å². The first kappa shape index (κ1) is 12.8. The van der Waals surface area contributed by atoms with Crippen LogP contribution in [0.5, 0.6) is 0 Å². The molecule has 1 rings (SSSR count). The standard InChI is InChI=1S/C11H13BrN2O2/c1-7(2)10(15)6-14-11(16)8-3-4-13-5-9(8)12/h3-5,7H,6H2,1-2H3,(H,14,16). The Morgan fingerprint density at radius 1 is 1.50 bits per heavy atom. The highest BCUT2D eigenvalue weighted by Gasteiger charge is 2.12. The molecule has 0 atom stereocenters. The average Bonchev–Trinajstić information content (AvgIpc) is 2.25. The van der Waals surface area contributed by atoms with E-state index in [-0.39, 0.29) is 24.2 Å². The third-order valence-corrected chi connectivity index (χ3v) is 2.72. The Labute approximate surface area is 103 Å². The smallest absolute Gasteiger partial charge is 0.252 e. The van der Waals surface area contributed by atoms with Crippen molar-refractivity contribution in [2.45, 2.75) is 13.8 Å². The highest BCUT2D eigenvalue weighted by Crippen LogP contribution is 2.13. The summed E-state index contributed by atoms with van der Waals surface area (Å²) in [4.78, 5) is 26.9.